The largest absolute Gasteiger partial charge is 0.337 e. The van der Waals surface area contributed by atoms with Crippen LogP contribution in [0.15, 0.2) is 41.0 Å². The molecule has 0 unspecified atom stereocenters. The second kappa shape index (κ2) is 4.13. The van der Waals surface area contributed by atoms with Crippen LogP contribution in [0, 0.1) is 0 Å². The Labute approximate surface area is 111 Å². The molecule has 1 N–H and O–H groups in total. The van der Waals surface area contributed by atoms with Crippen LogP contribution in [0.3, 0.4) is 0 Å². The van der Waals surface area contributed by atoms with E-state index in [1.807, 2.05) is 30.3 Å². The molecule has 0 aliphatic carbocycles. The van der Waals surface area contributed by atoms with Gasteiger partial charge in [-0.1, -0.05) is 17.7 Å². The number of aromatic amines is 1. The highest BCUT2D eigenvalue weighted by molar-refractivity contribution is 9.10. The number of nitrogens with zero attached hydrogens (tertiary/aromatic N) is 2. The highest BCUT2D eigenvalue weighted by Gasteiger charge is 2.07. The lowest BCUT2D eigenvalue weighted by Crippen LogP contribution is -1.80. The Kier molecular flexibility index (Phi) is 2.61. The van der Waals surface area contributed by atoms with Gasteiger partial charge < -0.3 is 4.98 Å². The number of hydrogen-bond acceptors (Lipinski definition) is 2. The van der Waals surface area contributed by atoms with Gasteiger partial charge in [0.15, 0.2) is 5.65 Å². The van der Waals surface area contributed by atoms with E-state index in [9.17, 15) is 0 Å². The van der Waals surface area contributed by atoms with Gasteiger partial charge in [0.25, 0.3) is 0 Å². The van der Waals surface area contributed by atoms with Crippen LogP contribution < -0.4 is 0 Å². The maximum absolute atomic E-state index is 6.06. The van der Waals surface area contributed by atoms with Gasteiger partial charge >= 0.3 is 0 Å². The predicted molar refractivity (Wildman–Crippen MR) is 72.0 cm³/mol. The fourth-order valence-corrected chi connectivity index (χ4v) is 2.05. The van der Waals surface area contributed by atoms with Crippen LogP contribution in [0.4, 0.5) is 0 Å². The molecule has 0 saturated heterocycles. The van der Waals surface area contributed by atoms with Gasteiger partial charge in [-0.05, 0) is 40.2 Å². The van der Waals surface area contributed by atoms with Gasteiger partial charge in [0, 0.05) is 16.2 Å². The van der Waals surface area contributed by atoms with Gasteiger partial charge in [0.2, 0.25) is 0 Å². The Bertz CT molecular complexity index is 660. The standard InChI is InChI=1S/C12H7BrClN3/c13-8-4-3-7(6-9(8)14)11-16-10-2-1-5-15-12(10)17-11/h1-6H,(H,15,16,17). The number of hydrogen-bond donors (Lipinski definition) is 1. The van der Waals surface area contributed by atoms with Gasteiger partial charge in [-0.25, -0.2) is 9.97 Å². The smallest absolute Gasteiger partial charge is 0.178 e. The van der Waals surface area contributed by atoms with E-state index < -0.39 is 0 Å². The molecule has 3 aromatic rings. The Morgan fingerprint density at radius 1 is 1.24 bits per heavy atom. The van der Waals surface area contributed by atoms with Crippen LogP contribution >= 0.6 is 27.5 Å². The molecule has 0 bridgehead atoms. The van der Waals surface area contributed by atoms with E-state index in [0.717, 1.165) is 21.4 Å². The number of aromatic nitrogens is 3. The number of nitrogens with one attached hydrogen (secondary N) is 1. The average Bonchev–Trinajstić information content (AvgIpc) is 2.76. The van der Waals surface area contributed by atoms with Gasteiger partial charge in [-0.15, -0.1) is 0 Å². The summed E-state index contributed by atoms with van der Waals surface area (Å²) in [4.78, 5) is 11.8. The maximum atomic E-state index is 6.06. The number of benzene rings is 1. The predicted octanol–water partition coefficient (Wildman–Crippen LogP) is 4.04. The van der Waals surface area contributed by atoms with Gasteiger partial charge in [0.1, 0.15) is 5.82 Å². The molecular formula is C12H7BrClN3. The first-order valence-corrected chi connectivity index (χ1v) is 6.17. The second-order valence-electron chi connectivity index (χ2n) is 3.59. The van der Waals surface area contributed by atoms with Crippen LogP contribution in [-0.2, 0) is 0 Å². The van der Waals surface area contributed by atoms with Crippen molar-refractivity contribution in [2.45, 2.75) is 0 Å². The van der Waals surface area contributed by atoms with Crippen molar-refractivity contribution in [3.05, 3.63) is 46.0 Å². The summed E-state index contributed by atoms with van der Waals surface area (Å²) in [5, 5.41) is 0.663. The van der Waals surface area contributed by atoms with Crippen LogP contribution in [0.2, 0.25) is 5.02 Å². The van der Waals surface area contributed by atoms with E-state index in [1.54, 1.807) is 6.20 Å². The monoisotopic (exact) mass is 307 g/mol. The molecule has 17 heavy (non-hydrogen) atoms. The number of H-pyrrole nitrogens is 1. The van der Waals surface area contributed by atoms with Gasteiger partial charge in [-0.2, -0.15) is 0 Å². The third kappa shape index (κ3) is 1.94. The lowest BCUT2D eigenvalue weighted by Gasteiger charge is -1.99. The summed E-state index contributed by atoms with van der Waals surface area (Å²) >= 11 is 9.42. The van der Waals surface area contributed by atoms with E-state index in [4.69, 9.17) is 11.6 Å². The first-order chi connectivity index (χ1) is 8.24. The van der Waals surface area contributed by atoms with Crippen LogP contribution in [0.1, 0.15) is 0 Å². The van der Waals surface area contributed by atoms with Crippen molar-refractivity contribution in [3.8, 4) is 11.4 Å². The molecule has 2 heterocycles. The van der Waals surface area contributed by atoms with Crippen LogP contribution in [-0.4, -0.2) is 15.0 Å². The quantitative estimate of drug-likeness (QED) is 0.737. The summed E-state index contributed by atoms with van der Waals surface area (Å²) in [6.45, 7) is 0. The Morgan fingerprint density at radius 3 is 2.88 bits per heavy atom. The molecule has 0 atom stereocenters. The third-order valence-electron chi connectivity index (χ3n) is 2.45. The fourth-order valence-electron chi connectivity index (χ4n) is 1.63. The molecule has 84 valence electrons. The third-order valence-corrected chi connectivity index (χ3v) is 3.68. The maximum Gasteiger partial charge on any atom is 0.178 e. The van der Waals surface area contributed by atoms with Gasteiger partial charge in [-0.3, -0.25) is 0 Å². The molecule has 3 rings (SSSR count). The summed E-state index contributed by atoms with van der Waals surface area (Å²) in [7, 11) is 0. The molecule has 0 saturated carbocycles. The van der Waals surface area contributed by atoms with E-state index in [-0.39, 0.29) is 0 Å². The SMILES string of the molecule is Clc1cc(-c2nc3ncccc3[nH]2)ccc1Br. The summed E-state index contributed by atoms with van der Waals surface area (Å²) < 4.78 is 0.872. The number of fused-ring (bicyclic) bond motifs is 1. The number of imidazole rings is 1. The molecule has 0 amide bonds. The summed E-state index contributed by atoms with van der Waals surface area (Å²) in [5.74, 6) is 0.771. The zero-order valence-corrected chi connectivity index (χ0v) is 11.0. The number of halogens is 2. The molecule has 0 radical (unpaired) electrons. The molecule has 2 aromatic heterocycles. The van der Waals surface area contributed by atoms with Crippen molar-refractivity contribution in [3.63, 3.8) is 0 Å². The molecule has 5 heteroatoms. The minimum Gasteiger partial charge on any atom is -0.337 e. The molecule has 0 aliphatic heterocycles. The lowest BCUT2D eigenvalue weighted by atomic mass is 10.2. The Hall–Kier alpha value is -1.39. The molecule has 0 spiro atoms. The van der Waals surface area contributed by atoms with E-state index >= 15 is 0 Å². The zero-order valence-electron chi connectivity index (χ0n) is 8.61. The average molecular weight is 309 g/mol. The zero-order chi connectivity index (χ0) is 11.8. The Morgan fingerprint density at radius 2 is 2.12 bits per heavy atom. The van der Waals surface area contributed by atoms with E-state index in [2.05, 4.69) is 30.9 Å². The van der Waals surface area contributed by atoms with Crippen molar-refractivity contribution in [2.75, 3.05) is 0 Å². The van der Waals surface area contributed by atoms with Crippen molar-refractivity contribution in [2.24, 2.45) is 0 Å². The van der Waals surface area contributed by atoms with Gasteiger partial charge in [0.05, 0.1) is 10.5 Å². The number of rotatable bonds is 1. The van der Waals surface area contributed by atoms with Crippen LogP contribution in [0.5, 0.6) is 0 Å². The Balaban J connectivity index is 2.17. The summed E-state index contributed by atoms with van der Waals surface area (Å²) in [5.41, 5.74) is 2.57. The molecule has 0 aliphatic rings. The normalized spacial score (nSPS) is 10.9. The van der Waals surface area contributed by atoms with Crippen molar-refractivity contribution < 1.29 is 0 Å². The van der Waals surface area contributed by atoms with Crippen molar-refractivity contribution in [1.82, 2.24) is 15.0 Å². The summed E-state index contributed by atoms with van der Waals surface area (Å²) in [6, 6.07) is 9.54. The number of pyridine rings is 1. The minimum absolute atomic E-state index is 0.663. The van der Waals surface area contributed by atoms with Crippen molar-refractivity contribution in [1.29, 1.82) is 0 Å². The highest BCUT2D eigenvalue weighted by Crippen LogP contribution is 2.28. The first kappa shape index (κ1) is 10.7. The van der Waals surface area contributed by atoms with E-state index in [1.165, 1.54) is 0 Å². The first-order valence-electron chi connectivity index (χ1n) is 5.00. The van der Waals surface area contributed by atoms with Crippen molar-refractivity contribution >= 4 is 38.7 Å². The summed E-state index contributed by atoms with van der Waals surface area (Å²) in [6.07, 6.45) is 1.72. The lowest BCUT2D eigenvalue weighted by molar-refractivity contribution is 1.30. The fraction of sp³-hybridized carbons (Fsp3) is 0. The second-order valence-corrected chi connectivity index (χ2v) is 4.85. The van der Waals surface area contributed by atoms with Crippen LogP contribution in [0.25, 0.3) is 22.6 Å². The molecule has 3 nitrogen and oxygen atoms in total. The molecule has 0 fully saturated rings. The highest BCUT2D eigenvalue weighted by atomic mass is 79.9. The molecular weight excluding hydrogens is 302 g/mol. The van der Waals surface area contributed by atoms with E-state index in [0.29, 0.717) is 10.7 Å². The molecule has 1 aromatic carbocycles. The topological polar surface area (TPSA) is 41.6 Å². The minimum atomic E-state index is 0.663.